The van der Waals surface area contributed by atoms with Crippen molar-refractivity contribution in [2.24, 2.45) is 11.8 Å². The van der Waals surface area contributed by atoms with Crippen LogP contribution in [0, 0.1) is 11.8 Å². The van der Waals surface area contributed by atoms with Gasteiger partial charge in [0.2, 0.25) is 0 Å². The van der Waals surface area contributed by atoms with Gasteiger partial charge in [0, 0.05) is 6.61 Å². The second kappa shape index (κ2) is 7.65. The van der Waals surface area contributed by atoms with E-state index in [1.165, 1.54) is 0 Å². The maximum Gasteiger partial charge on any atom is 0.320 e. The lowest BCUT2D eigenvalue weighted by atomic mass is 10.0. The van der Waals surface area contributed by atoms with Gasteiger partial charge in [0.25, 0.3) is 0 Å². The van der Waals surface area contributed by atoms with E-state index in [-0.39, 0.29) is 12.5 Å². The molecule has 0 aliphatic rings. The first kappa shape index (κ1) is 14.4. The summed E-state index contributed by atoms with van der Waals surface area (Å²) in [7, 11) is 0. The molecular formula is C11H23NO3. The first-order valence-electron chi connectivity index (χ1n) is 5.56. The summed E-state index contributed by atoms with van der Waals surface area (Å²) in [4.78, 5) is 10.8. The van der Waals surface area contributed by atoms with E-state index in [9.17, 15) is 4.79 Å². The van der Waals surface area contributed by atoms with Crippen molar-refractivity contribution < 1.29 is 15.0 Å². The molecule has 0 aromatic rings. The maximum absolute atomic E-state index is 10.8. The molecule has 0 rings (SSSR count). The number of carboxylic acid groups (broad SMARTS) is 1. The molecule has 2 atom stereocenters. The standard InChI is InChI=1S/C11H23NO3/c1-8(2)10(11(14)15)12-6-4-5-9(3)7-13/h8-10,12-13H,4-7H2,1-3H3,(H,14,15). The van der Waals surface area contributed by atoms with Gasteiger partial charge >= 0.3 is 5.97 Å². The van der Waals surface area contributed by atoms with Crippen LogP contribution < -0.4 is 5.32 Å². The van der Waals surface area contributed by atoms with E-state index in [2.05, 4.69) is 5.32 Å². The van der Waals surface area contributed by atoms with Crippen LogP contribution >= 0.6 is 0 Å². The Labute approximate surface area is 91.7 Å². The van der Waals surface area contributed by atoms with E-state index in [1.807, 2.05) is 20.8 Å². The van der Waals surface area contributed by atoms with Crippen molar-refractivity contribution >= 4 is 5.97 Å². The highest BCUT2D eigenvalue weighted by Gasteiger charge is 2.19. The predicted octanol–water partition coefficient (Wildman–Crippen LogP) is 1.09. The molecule has 0 radical (unpaired) electrons. The normalized spacial score (nSPS) is 15.3. The number of carbonyl (C=O) groups is 1. The molecule has 0 saturated carbocycles. The van der Waals surface area contributed by atoms with E-state index in [4.69, 9.17) is 10.2 Å². The van der Waals surface area contributed by atoms with Gasteiger partial charge in [0.1, 0.15) is 6.04 Å². The van der Waals surface area contributed by atoms with Crippen molar-refractivity contribution in [2.45, 2.75) is 39.7 Å². The lowest BCUT2D eigenvalue weighted by Gasteiger charge is -2.18. The Morgan fingerprint density at radius 2 is 1.93 bits per heavy atom. The minimum atomic E-state index is -0.791. The fourth-order valence-electron chi connectivity index (χ4n) is 1.41. The van der Waals surface area contributed by atoms with Gasteiger partial charge in [-0.3, -0.25) is 4.79 Å². The van der Waals surface area contributed by atoms with Gasteiger partial charge in [-0.2, -0.15) is 0 Å². The van der Waals surface area contributed by atoms with Gasteiger partial charge < -0.3 is 15.5 Å². The van der Waals surface area contributed by atoms with Crippen molar-refractivity contribution in [3.63, 3.8) is 0 Å². The Bertz CT molecular complexity index is 183. The van der Waals surface area contributed by atoms with E-state index >= 15 is 0 Å². The molecule has 0 spiro atoms. The molecule has 3 N–H and O–H groups in total. The van der Waals surface area contributed by atoms with Crippen LogP contribution in [0.25, 0.3) is 0 Å². The van der Waals surface area contributed by atoms with Crippen LogP contribution in [-0.4, -0.2) is 35.4 Å². The van der Waals surface area contributed by atoms with Crippen LogP contribution in [0.15, 0.2) is 0 Å². The molecule has 0 aliphatic heterocycles. The van der Waals surface area contributed by atoms with Crippen molar-refractivity contribution in [3.8, 4) is 0 Å². The number of aliphatic hydroxyl groups is 1. The summed E-state index contributed by atoms with van der Waals surface area (Å²) in [6.45, 7) is 6.66. The third kappa shape index (κ3) is 6.47. The molecule has 2 unspecified atom stereocenters. The number of hydrogen-bond acceptors (Lipinski definition) is 3. The van der Waals surface area contributed by atoms with Crippen molar-refractivity contribution in [3.05, 3.63) is 0 Å². The minimum absolute atomic E-state index is 0.0952. The summed E-state index contributed by atoms with van der Waals surface area (Å²) in [5.41, 5.74) is 0. The molecule has 0 aliphatic carbocycles. The first-order valence-corrected chi connectivity index (χ1v) is 5.56. The fourth-order valence-corrected chi connectivity index (χ4v) is 1.41. The Morgan fingerprint density at radius 3 is 2.33 bits per heavy atom. The molecule has 0 heterocycles. The Kier molecular flexibility index (Phi) is 7.34. The molecule has 0 aromatic heterocycles. The second-order valence-corrected chi connectivity index (χ2v) is 4.44. The number of nitrogens with one attached hydrogen (secondary N) is 1. The number of hydrogen-bond donors (Lipinski definition) is 3. The van der Waals surface area contributed by atoms with Crippen molar-refractivity contribution in [1.82, 2.24) is 5.32 Å². The van der Waals surface area contributed by atoms with Crippen molar-refractivity contribution in [2.75, 3.05) is 13.2 Å². The van der Waals surface area contributed by atoms with E-state index in [0.29, 0.717) is 12.5 Å². The van der Waals surface area contributed by atoms with Gasteiger partial charge in [-0.15, -0.1) is 0 Å². The Morgan fingerprint density at radius 1 is 1.33 bits per heavy atom. The summed E-state index contributed by atoms with van der Waals surface area (Å²) in [5.74, 6) is -0.396. The van der Waals surface area contributed by atoms with Gasteiger partial charge in [-0.1, -0.05) is 20.8 Å². The molecule has 0 aromatic carbocycles. The van der Waals surface area contributed by atoms with Crippen LogP contribution in [0.3, 0.4) is 0 Å². The molecule has 90 valence electrons. The van der Waals surface area contributed by atoms with Gasteiger partial charge in [0.05, 0.1) is 0 Å². The maximum atomic E-state index is 10.8. The summed E-state index contributed by atoms with van der Waals surface area (Å²) >= 11 is 0. The highest BCUT2D eigenvalue weighted by Crippen LogP contribution is 2.05. The van der Waals surface area contributed by atoms with Gasteiger partial charge in [-0.05, 0) is 31.2 Å². The lowest BCUT2D eigenvalue weighted by Crippen LogP contribution is -2.41. The summed E-state index contributed by atoms with van der Waals surface area (Å²) in [6.07, 6.45) is 1.83. The third-order valence-electron chi connectivity index (χ3n) is 2.48. The van der Waals surface area contributed by atoms with Crippen LogP contribution in [0.1, 0.15) is 33.6 Å². The molecular weight excluding hydrogens is 194 g/mol. The Hall–Kier alpha value is -0.610. The second-order valence-electron chi connectivity index (χ2n) is 4.44. The highest BCUT2D eigenvalue weighted by atomic mass is 16.4. The summed E-state index contributed by atoms with van der Waals surface area (Å²) < 4.78 is 0. The number of aliphatic carboxylic acids is 1. The molecule has 0 amide bonds. The molecule has 4 nitrogen and oxygen atoms in total. The average Bonchev–Trinajstić information content (AvgIpc) is 2.15. The van der Waals surface area contributed by atoms with Crippen LogP contribution in [-0.2, 0) is 4.79 Å². The highest BCUT2D eigenvalue weighted by molar-refractivity contribution is 5.73. The summed E-state index contributed by atoms with van der Waals surface area (Å²) in [5, 5.41) is 20.7. The zero-order valence-electron chi connectivity index (χ0n) is 9.86. The number of aliphatic hydroxyl groups excluding tert-OH is 1. The quantitative estimate of drug-likeness (QED) is 0.532. The molecule has 0 bridgehead atoms. The lowest BCUT2D eigenvalue weighted by molar-refractivity contribution is -0.140. The van der Waals surface area contributed by atoms with Gasteiger partial charge in [0.15, 0.2) is 0 Å². The van der Waals surface area contributed by atoms with E-state index in [0.717, 1.165) is 12.8 Å². The zero-order valence-corrected chi connectivity index (χ0v) is 9.86. The molecule has 0 saturated heterocycles. The summed E-state index contributed by atoms with van der Waals surface area (Å²) in [6, 6.07) is -0.463. The van der Waals surface area contributed by atoms with E-state index in [1.54, 1.807) is 0 Å². The fraction of sp³-hybridized carbons (Fsp3) is 0.909. The first-order chi connectivity index (χ1) is 6.99. The monoisotopic (exact) mass is 217 g/mol. The largest absolute Gasteiger partial charge is 0.480 e. The smallest absolute Gasteiger partial charge is 0.320 e. The number of carboxylic acids is 1. The predicted molar refractivity (Wildman–Crippen MR) is 59.7 cm³/mol. The van der Waals surface area contributed by atoms with Crippen LogP contribution in [0.2, 0.25) is 0 Å². The van der Waals surface area contributed by atoms with E-state index < -0.39 is 12.0 Å². The number of rotatable bonds is 8. The SMILES string of the molecule is CC(CO)CCCNC(C(=O)O)C(C)C. The Balaban J connectivity index is 3.68. The topological polar surface area (TPSA) is 69.6 Å². The van der Waals surface area contributed by atoms with Gasteiger partial charge in [-0.25, -0.2) is 0 Å². The van der Waals surface area contributed by atoms with Crippen molar-refractivity contribution in [1.29, 1.82) is 0 Å². The molecule has 15 heavy (non-hydrogen) atoms. The molecule has 0 fully saturated rings. The minimum Gasteiger partial charge on any atom is -0.480 e. The van der Waals surface area contributed by atoms with Crippen LogP contribution in [0.5, 0.6) is 0 Å². The third-order valence-corrected chi connectivity index (χ3v) is 2.48. The molecule has 4 heteroatoms. The van der Waals surface area contributed by atoms with Crippen LogP contribution in [0.4, 0.5) is 0 Å². The zero-order chi connectivity index (χ0) is 11.8. The average molecular weight is 217 g/mol.